The molecule has 0 bridgehead atoms. The van der Waals surface area contributed by atoms with Gasteiger partial charge in [0.1, 0.15) is 6.33 Å². The van der Waals surface area contributed by atoms with E-state index in [0.29, 0.717) is 17.9 Å². The monoisotopic (exact) mass is 295 g/mol. The predicted molar refractivity (Wildman–Crippen MR) is 84.6 cm³/mol. The molecule has 1 fully saturated rings. The van der Waals surface area contributed by atoms with Gasteiger partial charge in [0.15, 0.2) is 0 Å². The fraction of sp³-hybridized carbons (Fsp3) is 0.250. The van der Waals surface area contributed by atoms with Gasteiger partial charge in [0.05, 0.1) is 0 Å². The summed E-state index contributed by atoms with van der Waals surface area (Å²) in [7, 11) is 1.96. The quantitative estimate of drug-likeness (QED) is 0.854. The minimum atomic E-state index is -0.339. The van der Waals surface area contributed by atoms with E-state index in [1.165, 1.54) is 18.0 Å². The molecule has 112 valence electrons. The molecule has 1 saturated carbocycles. The summed E-state index contributed by atoms with van der Waals surface area (Å²) in [5.41, 5.74) is 1.33. The molecule has 0 saturated heterocycles. The van der Waals surface area contributed by atoms with Crippen molar-refractivity contribution in [2.45, 2.75) is 18.4 Å². The smallest absolute Gasteiger partial charge is 0.250 e. The maximum Gasteiger partial charge on any atom is 0.250 e. The van der Waals surface area contributed by atoms with Crippen molar-refractivity contribution in [3.05, 3.63) is 54.9 Å². The van der Waals surface area contributed by atoms with Crippen molar-refractivity contribution in [3.8, 4) is 0 Å². The van der Waals surface area contributed by atoms with E-state index in [0.717, 1.165) is 6.42 Å². The molecule has 22 heavy (non-hydrogen) atoms. The van der Waals surface area contributed by atoms with Crippen LogP contribution in [0.15, 0.2) is 49.3 Å². The summed E-state index contributed by atoms with van der Waals surface area (Å²) in [6.45, 7) is 3.40. The van der Waals surface area contributed by atoms with Crippen LogP contribution in [-0.4, -0.2) is 33.9 Å². The van der Waals surface area contributed by atoms with E-state index in [1.54, 1.807) is 0 Å². The Bertz CT molecular complexity index is 688. The number of hydrogen-bond acceptors (Lipinski definition) is 5. The highest BCUT2D eigenvalue weighted by molar-refractivity contribution is 5.97. The van der Waals surface area contributed by atoms with Crippen LogP contribution in [0, 0.1) is 0 Å². The number of nitrogens with zero attached hydrogens (tertiary/aromatic N) is 4. The van der Waals surface area contributed by atoms with Crippen molar-refractivity contribution in [3.63, 3.8) is 0 Å². The molecule has 2 atom stereocenters. The van der Waals surface area contributed by atoms with Crippen LogP contribution in [0.3, 0.4) is 0 Å². The Labute approximate surface area is 128 Å². The number of benzene rings is 1. The molecule has 1 N–H and O–H groups in total. The van der Waals surface area contributed by atoms with Gasteiger partial charge >= 0.3 is 0 Å². The molecule has 1 aliphatic carbocycles. The summed E-state index contributed by atoms with van der Waals surface area (Å²) in [4.78, 5) is 25.7. The Morgan fingerprint density at radius 1 is 1.36 bits per heavy atom. The lowest BCUT2D eigenvalue weighted by Crippen LogP contribution is -2.24. The highest BCUT2D eigenvalue weighted by atomic mass is 16.1. The molecule has 0 radical (unpaired) electrons. The second kappa shape index (κ2) is 5.93. The van der Waals surface area contributed by atoms with Crippen LogP contribution in [0.4, 0.5) is 11.9 Å². The number of rotatable bonds is 5. The zero-order chi connectivity index (χ0) is 15.5. The number of nitrogens with one attached hydrogen (secondary N) is 1. The largest absolute Gasteiger partial charge is 0.340 e. The summed E-state index contributed by atoms with van der Waals surface area (Å²) < 4.78 is 0. The molecular weight excluding hydrogens is 278 g/mol. The van der Waals surface area contributed by atoms with Gasteiger partial charge in [0.25, 0.3) is 0 Å². The van der Waals surface area contributed by atoms with E-state index in [4.69, 9.17) is 0 Å². The SMILES string of the molecule is C=CC(=O)Nc1ncnc(N(C)C2CC2c2ccccc2)n1. The Morgan fingerprint density at radius 2 is 2.14 bits per heavy atom. The van der Waals surface area contributed by atoms with Crippen molar-refractivity contribution < 1.29 is 4.79 Å². The minimum absolute atomic E-state index is 0.235. The average molecular weight is 295 g/mol. The Balaban J connectivity index is 1.71. The number of carbonyl (C=O) groups is 1. The average Bonchev–Trinajstić information content (AvgIpc) is 3.36. The Morgan fingerprint density at radius 3 is 2.86 bits per heavy atom. The van der Waals surface area contributed by atoms with Gasteiger partial charge < -0.3 is 4.90 Å². The first-order chi connectivity index (χ1) is 10.7. The van der Waals surface area contributed by atoms with Gasteiger partial charge in [-0.15, -0.1) is 0 Å². The van der Waals surface area contributed by atoms with E-state index >= 15 is 0 Å². The van der Waals surface area contributed by atoms with E-state index < -0.39 is 0 Å². The number of likely N-dealkylation sites (N-methyl/N-ethyl adjacent to an activating group) is 1. The molecule has 1 amide bonds. The number of anilines is 2. The normalized spacial score (nSPS) is 19.3. The molecule has 1 aromatic carbocycles. The predicted octanol–water partition coefficient (Wildman–Crippen LogP) is 1.99. The first-order valence-corrected chi connectivity index (χ1v) is 7.09. The molecule has 6 nitrogen and oxygen atoms in total. The van der Waals surface area contributed by atoms with Gasteiger partial charge in [0, 0.05) is 19.0 Å². The van der Waals surface area contributed by atoms with E-state index in [-0.39, 0.29) is 11.9 Å². The lowest BCUT2D eigenvalue weighted by atomic mass is 10.1. The second-order valence-electron chi connectivity index (χ2n) is 5.23. The van der Waals surface area contributed by atoms with E-state index in [2.05, 4.69) is 51.1 Å². The van der Waals surface area contributed by atoms with Crippen molar-refractivity contribution in [2.24, 2.45) is 0 Å². The van der Waals surface area contributed by atoms with Gasteiger partial charge in [-0.05, 0) is 18.1 Å². The Hall–Kier alpha value is -2.76. The van der Waals surface area contributed by atoms with Crippen molar-refractivity contribution >= 4 is 17.8 Å². The molecule has 0 aliphatic heterocycles. The Kier molecular flexibility index (Phi) is 3.82. The third-order valence-corrected chi connectivity index (χ3v) is 3.78. The summed E-state index contributed by atoms with van der Waals surface area (Å²) in [5, 5.41) is 2.54. The van der Waals surface area contributed by atoms with Crippen LogP contribution in [0.25, 0.3) is 0 Å². The zero-order valence-electron chi connectivity index (χ0n) is 12.3. The minimum Gasteiger partial charge on any atom is -0.340 e. The van der Waals surface area contributed by atoms with Crippen LogP contribution >= 0.6 is 0 Å². The maximum atomic E-state index is 11.3. The molecule has 3 rings (SSSR count). The standard InChI is InChI=1S/C16H17N5O/c1-3-14(22)19-15-17-10-18-16(20-15)21(2)13-9-12(13)11-7-5-4-6-8-11/h3-8,10,12-13H,1,9H2,2H3,(H,17,18,19,20,22). The molecular formula is C16H17N5O. The highest BCUT2D eigenvalue weighted by Gasteiger charge is 2.42. The summed E-state index contributed by atoms with van der Waals surface area (Å²) in [6, 6.07) is 10.8. The molecule has 0 spiro atoms. The molecule has 1 aromatic heterocycles. The summed E-state index contributed by atoms with van der Waals surface area (Å²) >= 11 is 0. The number of amides is 1. The second-order valence-corrected chi connectivity index (χ2v) is 5.23. The van der Waals surface area contributed by atoms with Crippen LogP contribution in [-0.2, 0) is 4.79 Å². The first-order valence-electron chi connectivity index (χ1n) is 7.09. The molecule has 6 heteroatoms. The lowest BCUT2D eigenvalue weighted by Gasteiger charge is -2.17. The van der Waals surface area contributed by atoms with Gasteiger partial charge in [-0.1, -0.05) is 36.9 Å². The van der Waals surface area contributed by atoms with Crippen LogP contribution in [0.5, 0.6) is 0 Å². The lowest BCUT2D eigenvalue weighted by molar-refractivity contribution is -0.111. The van der Waals surface area contributed by atoms with Crippen molar-refractivity contribution in [1.82, 2.24) is 15.0 Å². The number of carbonyl (C=O) groups excluding carboxylic acids is 1. The van der Waals surface area contributed by atoms with Crippen molar-refractivity contribution in [2.75, 3.05) is 17.3 Å². The van der Waals surface area contributed by atoms with E-state index in [9.17, 15) is 4.79 Å². The highest BCUT2D eigenvalue weighted by Crippen LogP contribution is 2.44. The first kappa shape index (κ1) is 14.2. The fourth-order valence-electron chi connectivity index (χ4n) is 2.50. The van der Waals surface area contributed by atoms with Crippen LogP contribution < -0.4 is 10.2 Å². The summed E-state index contributed by atoms with van der Waals surface area (Å²) in [5.74, 6) is 0.944. The third kappa shape index (κ3) is 2.95. The van der Waals surface area contributed by atoms with Gasteiger partial charge in [-0.2, -0.15) is 4.98 Å². The topological polar surface area (TPSA) is 71.0 Å². The summed E-state index contributed by atoms with van der Waals surface area (Å²) in [6.07, 6.45) is 3.65. The third-order valence-electron chi connectivity index (χ3n) is 3.78. The molecule has 2 unspecified atom stereocenters. The van der Waals surface area contributed by atoms with Crippen LogP contribution in [0.2, 0.25) is 0 Å². The van der Waals surface area contributed by atoms with Gasteiger partial charge in [-0.3, -0.25) is 10.1 Å². The molecule has 1 heterocycles. The zero-order valence-corrected chi connectivity index (χ0v) is 12.3. The molecule has 1 aliphatic rings. The van der Waals surface area contributed by atoms with Gasteiger partial charge in [0.2, 0.25) is 17.8 Å². The van der Waals surface area contributed by atoms with Crippen molar-refractivity contribution in [1.29, 1.82) is 0 Å². The fourth-order valence-corrected chi connectivity index (χ4v) is 2.50. The molecule has 2 aromatic rings. The number of aromatic nitrogens is 3. The number of hydrogen-bond donors (Lipinski definition) is 1. The van der Waals surface area contributed by atoms with Crippen LogP contribution in [0.1, 0.15) is 17.9 Å². The van der Waals surface area contributed by atoms with E-state index in [1.807, 2.05) is 18.0 Å². The van der Waals surface area contributed by atoms with Gasteiger partial charge in [-0.25, -0.2) is 9.97 Å². The maximum absolute atomic E-state index is 11.3.